The molecule has 0 saturated heterocycles. The van der Waals surface area contributed by atoms with Crippen molar-refractivity contribution in [2.24, 2.45) is 0 Å². The fraction of sp³-hybridized carbons (Fsp3) is 0.0833. The molecule has 1 heterocycles. The summed E-state index contributed by atoms with van der Waals surface area (Å²) in [6, 6.07) is 11.5. The van der Waals surface area contributed by atoms with Crippen LogP contribution in [0.4, 0.5) is 17.2 Å². The largest absolute Gasteiger partial charge is 0.481 e. The Morgan fingerprint density at radius 1 is 1.18 bits per heavy atom. The molecule has 0 aliphatic heterocycles. The van der Waals surface area contributed by atoms with Crippen molar-refractivity contribution >= 4 is 39.8 Å². The molecule has 0 spiro atoms. The molecule has 5 heteroatoms. The Bertz CT molecular complexity index is 514. The number of rotatable bonds is 3. The maximum Gasteiger partial charge on any atom is 0.215 e. The molecule has 3 N–H and O–H groups in total. The van der Waals surface area contributed by atoms with Crippen molar-refractivity contribution in [3.63, 3.8) is 0 Å². The van der Waals surface area contributed by atoms with Crippen molar-refractivity contribution < 1.29 is 4.74 Å². The highest BCUT2D eigenvalue weighted by Crippen LogP contribution is 2.23. The molecule has 0 fully saturated rings. The van der Waals surface area contributed by atoms with Crippen LogP contribution in [-0.2, 0) is 0 Å². The van der Waals surface area contributed by atoms with Gasteiger partial charge in [0.15, 0.2) is 5.82 Å². The van der Waals surface area contributed by atoms with Gasteiger partial charge in [-0.2, -0.15) is 4.98 Å². The SMILES string of the molecule is COc1ccc(N)c(Nc2ccc(I)cc2)n1. The zero-order chi connectivity index (χ0) is 12.3. The van der Waals surface area contributed by atoms with E-state index in [1.807, 2.05) is 24.3 Å². The predicted molar refractivity (Wildman–Crippen MR) is 77.6 cm³/mol. The van der Waals surface area contributed by atoms with E-state index >= 15 is 0 Å². The molecule has 2 rings (SSSR count). The summed E-state index contributed by atoms with van der Waals surface area (Å²) in [5.74, 6) is 1.14. The third-order valence-corrected chi connectivity index (χ3v) is 2.94. The normalized spacial score (nSPS) is 10.0. The van der Waals surface area contributed by atoms with Crippen molar-refractivity contribution in [2.45, 2.75) is 0 Å². The lowest BCUT2D eigenvalue weighted by molar-refractivity contribution is 0.398. The van der Waals surface area contributed by atoms with E-state index in [-0.39, 0.29) is 0 Å². The highest BCUT2D eigenvalue weighted by Gasteiger charge is 2.03. The van der Waals surface area contributed by atoms with E-state index < -0.39 is 0 Å². The molecule has 1 aromatic heterocycles. The van der Waals surface area contributed by atoms with Crippen LogP contribution in [0.15, 0.2) is 36.4 Å². The van der Waals surface area contributed by atoms with Crippen LogP contribution in [0.5, 0.6) is 5.88 Å². The average molecular weight is 341 g/mol. The molecule has 0 aliphatic rings. The van der Waals surface area contributed by atoms with Crippen LogP contribution in [0.3, 0.4) is 0 Å². The molecule has 0 atom stereocenters. The van der Waals surface area contributed by atoms with Gasteiger partial charge in [0.2, 0.25) is 5.88 Å². The van der Waals surface area contributed by atoms with Gasteiger partial charge >= 0.3 is 0 Å². The van der Waals surface area contributed by atoms with Gasteiger partial charge in [-0.3, -0.25) is 0 Å². The minimum Gasteiger partial charge on any atom is -0.481 e. The Kier molecular flexibility index (Phi) is 3.68. The molecule has 88 valence electrons. The van der Waals surface area contributed by atoms with Crippen LogP contribution in [0, 0.1) is 3.57 Å². The molecule has 0 bridgehead atoms. The predicted octanol–water partition coefficient (Wildman–Crippen LogP) is 3.02. The summed E-state index contributed by atoms with van der Waals surface area (Å²) in [7, 11) is 1.58. The third-order valence-electron chi connectivity index (χ3n) is 2.22. The molecule has 0 saturated carbocycles. The highest BCUT2D eigenvalue weighted by atomic mass is 127. The van der Waals surface area contributed by atoms with Crippen molar-refractivity contribution in [1.82, 2.24) is 4.98 Å². The van der Waals surface area contributed by atoms with Crippen LogP contribution < -0.4 is 15.8 Å². The van der Waals surface area contributed by atoms with E-state index in [4.69, 9.17) is 10.5 Å². The van der Waals surface area contributed by atoms with Crippen LogP contribution in [0.2, 0.25) is 0 Å². The number of anilines is 3. The van der Waals surface area contributed by atoms with E-state index in [2.05, 4.69) is 32.9 Å². The number of halogens is 1. The summed E-state index contributed by atoms with van der Waals surface area (Å²) in [4.78, 5) is 4.25. The maximum absolute atomic E-state index is 5.84. The lowest BCUT2D eigenvalue weighted by atomic mass is 10.3. The van der Waals surface area contributed by atoms with Gasteiger partial charge in [0.1, 0.15) is 0 Å². The lowest BCUT2D eigenvalue weighted by Gasteiger charge is -2.09. The first kappa shape index (κ1) is 12.0. The maximum atomic E-state index is 5.84. The average Bonchev–Trinajstić information content (AvgIpc) is 2.35. The minimum atomic E-state index is 0.534. The van der Waals surface area contributed by atoms with E-state index in [1.54, 1.807) is 19.2 Å². The van der Waals surface area contributed by atoms with Gasteiger partial charge in [-0.05, 0) is 52.9 Å². The molecule has 0 unspecified atom stereocenters. The summed E-state index contributed by atoms with van der Waals surface area (Å²) in [6.45, 7) is 0. The van der Waals surface area contributed by atoms with Crippen LogP contribution in [0.25, 0.3) is 0 Å². The molecule has 4 nitrogen and oxygen atoms in total. The molecular weight excluding hydrogens is 329 g/mol. The quantitative estimate of drug-likeness (QED) is 0.843. The molecule has 1 aromatic carbocycles. The molecule has 0 aliphatic carbocycles. The number of ether oxygens (including phenoxy) is 1. The number of hydrogen-bond acceptors (Lipinski definition) is 4. The number of pyridine rings is 1. The highest BCUT2D eigenvalue weighted by molar-refractivity contribution is 14.1. The van der Waals surface area contributed by atoms with Crippen LogP contribution in [-0.4, -0.2) is 12.1 Å². The summed E-state index contributed by atoms with van der Waals surface area (Å²) >= 11 is 2.26. The number of nitrogens with two attached hydrogens (primary N) is 1. The fourth-order valence-corrected chi connectivity index (χ4v) is 1.70. The summed E-state index contributed by atoms with van der Waals surface area (Å²) in [5, 5.41) is 3.15. The smallest absolute Gasteiger partial charge is 0.215 e. The first-order valence-electron chi connectivity index (χ1n) is 5.02. The molecule has 0 amide bonds. The lowest BCUT2D eigenvalue weighted by Crippen LogP contribution is -2.00. The summed E-state index contributed by atoms with van der Waals surface area (Å²) in [5.41, 5.74) is 7.37. The van der Waals surface area contributed by atoms with E-state index in [0.29, 0.717) is 17.4 Å². The molecule has 0 radical (unpaired) electrons. The Morgan fingerprint density at radius 2 is 1.88 bits per heavy atom. The van der Waals surface area contributed by atoms with Crippen LogP contribution in [0.1, 0.15) is 0 Å². The Labute approximate surface area is 113 Å². The van der Waals surface area contributed by atoms with E-state index in [9.17, 15) is 0 Å². The zero-order valence-electron chi connectivity index (χ0n) is 9.27. The zero-order valence-corrected chi connectivity index (χ0v) is 11.4. The van der Waals surface area contributed by atoms with Gasteiger partial charge in [-0.25, -0.2) is 0 Å². The van der Waals surface area contributed by atoms with Gasteiger partial charge in [-0.1, -0.05) is 0 Å². The number of hydrogen-bond donors (Lipinski definition) is 2. The minimum absolute atomic E-state index is 0.534. The Hall–Kier alpha value is -1.50. The number of benzene rings is 1. The standard InChI is InChI=1S/C12H12IN3O/c1-17-11-7-6-10(14)12(16-11)15-9-4-2-8(13)3-5-9/h2-7H,14H2,1H3,(H,15,16). The van der Waals surface area contributed by atoms with Crippen molar-refractivity contribution in [3.8, 4) is 5.88 Å². The molecule has 17 heavy (non-hydrogen) atoms. The second kappa shape index (κ2) is 5.22. The first-order chi connectivity index (χ1) is 8.19. The van der Waals surface area contributed by atoms with Gasteiger partial charge < -0.3 is 15.8 Å². The number of nitrogen functional groups attached to an aromatic ring is 1. The molecule has 2 aromatic rings. The van der Waals surface area contributed by atoms with Crippen molar-refractivity contribution in [3.05, 3.63) is 40.0 Å². The van der Waals surface area contributed by atoms with Gasteiger partial charge in [-0.15, -0.1) is 0 Å². The number of methoxy groups -OCH3 is 1. The van der Waals surface area contributed by atoms with E-state index in [1.165, 1.54) is 3.57 Å². The third kappa shape index (κ3) is 3.00. The van der Waals surface area contributed by atoms with Gasteiger partial charge in [0.25, 0.3) is 0 Å². The van der Waals surface area contributed by atoms with Crippen LogP contribution >= 0.6 is 22.6 Å². The topological polar surface area (TPSA) is 60.2 Å². The van der Waals surface area contributed by atoms with Crippen molar-refractivity contribution in [2.75, 3.05) is 18.2 Å². The van der Waals surface area contributed by atoms with Gasteiger partial charge in [0, 0.05) is 15.3 Å². The fourth-order valence-electron chi connectivity index (χ4n) is 1.34. The first-order valence-corrected chi connectivity index (χ1v) is 6.10. The number of nitrogens with one attached hydrogen (secondary N) is 1. The molecular formula is C12H12IN3O. The van der Waals surface area contributed by atoms with Crippen molar-refractivity contribution in [1.29, 1.82) is 0 Å². The second-order valence-electron chi connectivity index (χ2n) is 3.42. The summed E-state index contributed by atoms with van der Waals surface area (Å²) in [6.07, 6.45) is 0. The number of nitrogens with zero attached hydrogens (tertiary/aromatic N) is 1. The monoisotopic (exact) mass is 341 g/mol. The van der Waals surface area contributed by atoms with Gasteiger partial charge in [0.05, 0.1) is 12.8 Å². The number of aromatic nitrogens is 1. The Morgan fingerprint density at radius 3 is 2.53 bits per heavy atom. The van der Waals surface area contributed by atoms with E-state index in [0.717, 1.165) is 5.69 Å². The Balaban J connectivity index is 2.25. The summed E-state index contributed by atoms with van der Waals surface area (Å²) < 4.78 is 6.24. The second-order valence-corrected chi connectivity index (χ2v) is 4.67.